The molecule has 5 atom stereocenters. The highest BCUT2D eigenvalue weighted by atomic mass is 16.7. The molecule has 2 heterocycles. The van der Waals surface area contributed by atoms with Gasteiger partial charge < -0.3 is 14.2 Å². The van der Waals surface area contributed by atoms with E-state index in [2.05, 4.69) is 27.7 Å². The number of cyclic esters (lactones) is 1. The van der Waals surface area contributed by atoms with Gasteiger partial charge in [0, 0.05) is 17.6 Å². The van der Waals surface area contributed by atoms with Gasteiger partial charge in [-0.05, 0) is 56.3 Å². The van der Waals surface area contributed by atoms with Crippen LogP contribution in [0.3, 0.4) is 0 Å². The van der Waals surface area contributed by atoms with Crippen molar-refractivity contribution in [3.63, 3.8) is 0 Å². The molecular formula is C22H30O5. The average molecular weight is 374 g/mol. The number of hydrogen-bond acceptors (Lipinski definition) is 5. The summed E-state index contributed by atoms with van der Waals surface area (Å²) >= 11 is 0. The Labute approximate surface area is 161 Å². The van der Waals surface area contributed by atoms with Crippen molar-refractivity contribution in [1.82, 2.24) is 0 Å². The zero-order valence-corrected chi connectivity index (χ0v) is 17.0. The first-order chi connectivity index (χ1) is 12.6. The molecule has 5 nitrogen and oxygen atoms in total. The van der Waals surface area contributed by atoms with Crippen molar-refractivity contribution in [2.75, 3.05) is 0 Å². The normalized spacial score (nSPS) is 44.3. The molecule has 3 fully saturated rings. The van der Waals surface area contributed by atoms with Crippen LogP contribution in [0.25, 0.3) is 0 Å². The number of carbonyl (C=O) groups is 2. The number of carbonyl (C=O) groups excluding carboxylic acids is 2. The van der Waals surface area contributed by atoms with Crippen molar-refractivity contribution in [2.45, 2.75) is 78.6 Å². The molecule has 5 heteroatoms. The molecule has 2 aliphatic heterocycles. The molecule has 0 spiro atoms. The quantitative estimate of drug-likeness (QED) is 0.410. The first-order valence-electron chi connectivity index (χ1n) is 10.1. The molecule has 0 bridgehead atoms. The zero-order valence-electron chi connectivity index (χ0n) is 17.0. The van der Waals surface area contributed by atoms with Gasteiger partial charge in [0.15, 0.2) is 0 Å². The Morgan fingerprint density at radius 2 is 1.85 bits per heavy atom. The van der Waals surface area contributed by atoms with Crippen LogP contribution in [0.5, 0.6) is 0 Å². The topological polar surface area (TPSA) is 61.8 Å². The third kappa shape index (κ3) is 2.73. The lowest BCUT2D eigenvalue weighted by Gasteiger charge is -2.59. The van der Waals surface area contributed by atoms with E-state index in [9.17, 15) is 9.59 Å². The first kappa shape index (κ1) is 18.6. The largest absolute Gasteiger partial charge is 0.458 e. The van der Waals surface area contributed by atoms with E-state index < -0.39 is 11.9 Å². The summed E-state index contributed by atoms with van der Waals surface area (Å²) in [6.45, 7) is 10.8. The Balaban J connectivity index is 1.67. The van der Waals surface area contributed by atoms with Gasteiger partial charge in [0.2, 0.25) is 0 Å². The second kappa shape index (κ2) is 5.86. The molecule has 4 rings (SSSR count). The predicted octanol–water partition coefficient (Wildman–Crippen LogP) is 4.27. The fourth-order valence-electron chi connectivity index (χ4n) is 6.52. The van der Waals surface area contributed by atoms with E-state index in [1.807, 2.05) is 0 Å². The summed E-state index contributed by atoms with van der Waals surface area (Å²) in [6.07, 6.45) is 7.81. The van der Waals surface area contributed by atoms with Crippen LogP contribution in [0.2, 0.25) is 0 Å². The summed E-state index contributed by atoms with van der Waals surface area (Å²) in [5.41, 5.74) is 0.886. The molecule has 0 aromatic heterocycles. The van der Waals surface area contributed by atoms with Gasteiger partial charge in [-0.25, -0.2) is 9.59 Å². The zero-order chi connectivity index (χ0) is 19.6. The van der Waals surface area contributed by atoms with Crippen LogP contribution >= 0.6 is 0 Å². The lowest BCUT2D eigenvalue weighted by Crippen LogP contribution is -2.56. The Morgan fingerprint density at radius 3 is 2.52 bits per heavy atom. The van der Waals surface area contributed by atoms with Gasteiger partial charge in [0.05, 0.1) is 11.8 Å². The highest BCUT2D eigenvalue weighted by Crippen LogP contribution is 2.66. The van der Waals surface area contributed by atoms with Crippen molar-refractivity contribution < 1.29 is 23.8 Å². The fourth-order valence-corrected chi connectivity index (χ4v) is 6.52. The number of rotatable bonds is 2. The molecule has 2 aliphatic carbocycles. The Bertz CT molecular complexity index is 748. The molecule has 148 valence electrons. The predicted molar refractivity (Wildman–Crippen MR) is 99.3 cm³/mol. The molecule has 2 saturated carbocycles. The Morgan fingerprint density at radius 1 is 1.11 bits per heavy atom. The van der Waals surface area contributed by atoms with Gasteiger partial charge in [0.1, 0.15) is 5.60 Å². The summed E-state index contributed by atoms with van der Waals surface area (Å²) in [6, 6.07) is 0. The molecule has 0 aromatic carbocycles. The van der Waals surface area contributed by atoms with Gasteiger partial charge in [-0.1, -0.05) is 27.2 Å². The molecule has 27 heavy (non-hydrogen) atoms. The summed E-state index contributed by atoms with van der Waals surface area (Å²) in [5.74, 6) is -0.132. The summed E-state index contributed by atoms with van der Waals surface area (Å²) in [5, 5.41) is 0. The second-order valence-electron chi connectivity index (χ2n) is 9.91. The third-order valence-corrected chi connectivity index (χ3v) is 7.61. The second-order valence-corrected chi connectivity index (χ2v) is 9.91. The van der Waals surface area contributed by atoms with Crippen molar-refractivity contribution >= 4 is 11.9 Å². The molecule has 2 unspecified atom stereocenters. The fraction of sp³-hybridized carbons (Fsp3) is 0.727. The van der Waals surface area contributed by atoms with Crippen LogP contribution in [0.15, 0.2) is 23.5 Å². The maximum atomic E-state index is 12.8. The van der Waals surface area contributed by atoms with Gasteiger partial charge in [-0.15, -0.1) is 0 Å². The highest BCUT2D eigenvalue weighted by molar-refractivity contribution is 5.92. The van der Waals surface area contributed by atoms with Gasteiger partial charge in [-0.2, -0.15) is 0 Å². The van der Waals surface area contributed by atoms with E-state index in [0.717, 1.165) is 25.7 Å². The minimum Gasteiger partial charge on any atom is -0.458 e. The van der Waals surface area contributed by atoms with Crippen LogP contribution in [-0.4, -0.2) is 23.8 Å². The molecule has 4 aliphatic rings. The molecule has 1 saturated heterocycles. The minimum atomic E-state index is -0.764. The van der Waals surface area contributed by atoms with E-state index in [0.29, 0.717) is 17.1 Å². The molecular weight excluding hydrogens is 344 g/mol. The number of hydrogen-bond donors (Lipinski definition) is 0. The SMILES string of the molecule is CC1=CC(O/C=C2/C(=O)O[C@]3(C)CCC4C(C)(C)CCC[C@]4(C)[C@@H]23)OC1=O. The molecule has 0 N–H and O–H groups in total. The molecule has 0 radical (unpaired) electrons. The minimum absolute atomic E-state index is 0.00185. The van der Waals surface area contributed by atoms with E-state index in [-0.39, 0.29) is 28.7 Å². The van der Waals surface area contributed by atoms with Crippen molar-refractivity contribution in [2.24, 2.45) is 22.7 Å². The maximum absolute atomic E-state index is 12.8. The van der Waals surface area contributed by atoms with Crippen LogP contribution < -0.4 is 0 Å². The van der Waals surface area contributed by atoms with Crippen molar-refractivity contribution in [3.05, 3.63) is 23.5 Å². The van der Waals surface area contributed by atoms with E-state index in [1.54, 1.807) is 13.0 Å². The Hall–Kier alpha value is -1.78. The van der Waals surface area contributed by atoms with Crippen molar-refractivity contribution in [3.8, 4) is 0 Å². The van der Waals surface area contributed by atoms with Crippen LogP contribution in [0.1, 0.15) is 66.7 Å². The number of esters is 2. The van der Waals surface area contributed by atoms with E-state index >= 15 is 0 Å². The van der Waals surface area contributed by atoms with Crippen LogP contribution in [0.4, 0.5) is 0 Å². The van der Waals surface area contributed by atoms with Gasteiger partial charge in [0.25, 0.3) is 6.29 Å². The van der Waals surface area contributed by atoms with Crippen LogP contribution in [-0.2, 0) is 23.8 Å². The first-order valence-corrected chi connectivity index (χ1v) is 10.1. The van der Waals surface area contributed by atoms with E-state index in [4.69, 9.17) is 14.2 Å². The van der Waals surface area contributed by atoms with Gasteiger partial charge in [-0.3, -0.25) is 0 Å². The monoisotopic (exact) mass is 374 g/mol. The van der Waals surface area contributed by atoms with Crippen molar-refractivity contribution in [1.29, 1.82) is 0 Å². The third-order valence-electron chi connectivity index (χ3n) is 7.61. The summed E-state index contributed by atoms with van der Waals surface area (Å²) < 4.78 is 16.7. The average Bonchev–Trinajstić information content (AvgIpc) is 3.00. The highest BCUT2D eigenvalue weighted by Gasteiger charge is 2.65. The Kier molecular flexibility index (Phi) is 4.03. The van der Waals surface area contributed by atoms with Gasteiger partial charge >= 0.3 is 11.9 Å². The molecule has 0 aromatic rings. The molecule has 0 amide bonds. The van der Waals surface area contributed by atoms with Crippen LogP contribution in [0, 0.1) is 22.7 Å². The lowest BCUT2D eigenvalue weighted by atomic mass is 9.45. The lowest BCUT2D eigenvalue weighted by molar-refractivity contribution is -0.164. The smallest absolute Gasteiger partial charge is 0.338 e. The standard InChI is InChI=1S/C22H30O5/c1-13-11-16(26-18(13)23)25-12-14-17-21(4)9-6-8-20(2,3)15(21)7-10-22(17,5)27-19(14)24/h11-12,15-17H,6-10H2,1-5H3/b14-12+/t15?,16?,17-,21+,22-/m1/s1. The number of ether oxygens (including phenoxy) is 3. The summed E-state index contributed by atoms with van der Waals surface area (Å²) in [7, 11) is 0. The van der Waals surface area contributed by atoms with E-state index in [1.165, 1.54) is 12.7 Å². The maximum Gasteiger partial charge on any atom is 0.338 e. The summed E-state index contributed by atoms with van der Waals surface area (Å²) in [4.78, 5) is 24.3. The number of fused-ring (bicyclic) bond motifs is 3.